The third-order valence-corrected chi connectivity index (χ3v) is 8.92. The molecule has 2 amide bonds. The van der Waals surface area contributed by atoms with Crippen LogP contribution in [0.5, 0.6) is 5.75 Å². The Morgan fingerprint density at radius 3 is 2.60 bits per heavy atom. The highest BCUT2D eigenvalue weighted by molar-refractivity contribution is 5.83. The summed E-state index contributed by atoms with van der Waals surface area (Å²) in [6.45, 7) is 6.84. The van der Waals surface area contributed by atoms with Crippen LogP contribution < -0.4 is 4.74 Å². The van der Waals surface area contributed by atoms with Crippen LogP contribution in [0.3, 0.4) is 0 Å². The van der Waals surface area contributed by atoms with E-state index in [1.54, 1.807) is 4.90 Å². The number of ether oxygens (including phenoxy) is 1. The van der Waals surface area contributed by atoms with E-state index in [1.807, 2.05) is 15.9 Å². The van der Waals surface area contributed by atoms with Gasteiger partial charge in [-0.1, -0.05) is 25.5 Å². The lowest BCUT2D eigenvalue weighted by molar-refractivity contribution is -0.152. The summed E-state index contributed by atoms with van der Waals surface area (Å²) in [5.41, 5.74) is 1.08. The Bertz CT molecular complexity index is 1050. The summed E-state index contributed by atoms with van der Waals surface area (Å²) < 4.78 is 5.69. The van der Waals surface area contributed by atoms with Gasteiger partial charge < -0.3 is 24.5 Å². The molecular weight excluding hydrogens is 508 g/mol. The third-order valence-electron chi connectivity index (χ3n) is 8.92. The molecule has 40 heavy (non-hydrogen) atoms. The molecule has 2 atom stereocenters. The van der Waals surface area contributed by atoms with Crippen molar-refractivity contribution in [2.75, 3.05) is 66.5 Å². The molecule has 3 heterocycles. The Balaban J connectivity index is 1.54. The summed E-state index contributed by atoms with van der Waals surface area (Å²) in [5.74, 6) is 0.105. The van der Waals surface area contributed by atoms with Gasteiger partial charge in [-0.3, -0.25) is 19.3 Å². The fourth-order valence-corrected chi connectivity index (χ4v) is 6.50. The molecule has 1 N–H and O–H groups in total. The average molecular weight is 557 g/mol. The van der Waals surface area contributed by atoms with Crippen LogP contribution >= 0.6 is 0 Å². The van der Waals surface area contributed by atoms with Gasteiger partial charge in [0, 0.05) is 45.6 Å². The van der Waals surface area contributed by atoms with E-state index in [9.17, 15) is 19.5 Å². The van der Waals surface area contributed by atoms with Crippen LogP contribution in [0, 0.1) is 0 Å². The van der Waals surface area contributed by atoms with E-state index < -0.39 is 11.5 Å². The van der Waals surface area contributed by atoms with Crippen molar-refractivity contribution in [3.8, 4) is 5.75 Å². The quantitative estimate of drug-likeness (QED) is 0.332. The van der Waals surface area contributed by atoms with Crippen molar-refractivity contribution in [1.29, 1.82) is 0 Å². The average Bonchev–Trinajstić information content (AvgIpc) is 3.65. The first-order valence-corrected chi connectivity index (χ1v) is 15.2. The Morgan fingerprint density at radius 1 is 1.12 bits per heavy atom. The van der Waals surface area contributed by atoms with Gasteiger partial charge in [-0.2, -0.15) is 0 Å². The monoisotopic (exact) mass is 556 g/mol. The van der Waals surface area contributed by atoms with Gasteiger partial charge in [-0.15, -0.1) is 0 Å². The van der Waals surface area contributed by atoms with Crippen LogP contribution in [-0.4, -0.2) is 115 Å². The minimum atomic E-state index is -1.19. The molecule has 0 saturated carbocycles. The number of carbonyl (C=O) groups is 3. The minimum Gasteiger partial charge on any atom is -0.493 e. The number of carboxylic acids is 1. The van der Waals surface area contributed by atoms with E-state index in [4.69, 9.17) is 4.74 Å². The summed E-state index contributed by atoms with van der Waals surface area (Å²) in [6.07, 6.45) is 6.83. The number of amides is 2. The molecule has 0 radical (unpaired) electrons. The minimum absolute atomic E-state index is 0.00387. The van der Waals surface area contributed by atoms with Gasteiger partial charge >= 0.3 is 5.97 Å². The zero-order chi connectivity index (χ0) is 28.7. The molecular formula is C31H48N4O5. The molecule has 222 valence electrons. The van der Waals surface area contributed by atoms with Crippen molar-refractivity contribution in [2.45, 2.75) is 76.2 Å². The number of nitrogens with zero attached hydrogens (tertiary/aromatic N) is 4. The number of rotatable bonds is 15. The molecule has 9 heteroatoms. The molecule has 0 aliphatic carbocycles. The Morgan fingerprint density at radius 2 is 1.90 bits per heavy atom. The van der Waals surface area contributed by atoms with E-state index in [-0.39, 0.29) is 24.3 Å². The number of hydrogen-bond acceptors (Lipinski definition) is 6. The van der Waals surface area contributed by atoms with E-state index in [2.05, 4.69) is 38.1 Å². The van der Waals surface area contributed by atoms with Crippen molar-refractivity contribution in [1.82, 2.24) is 19.6 Å². The standard InChI is InChI=1S/C31H48N4O5/c1-4-5-15-33(16-7-6-14-32(2)3)29(37)23-35-22-26(24-10-11-27-25(20-24)12-19-40-27)21-31(35,30(38)39)13-18-34-17-8-9-28(34)36/h10-11,20,26H,4-9,12-19,21-23H2,1-3H3,(H,38,39). The van der Waals surface area contributed by atoms with Crippen LogP contribution in [-0.2, 0) is 20.8 Å². The molecule has 1 aromatic carbocycles. The molecule has 3 aliphatic heterocycles. The van der Waals surface area contributed by atoms with E-state index >= 15 is 0 Å². The number of fused-ring (bicyclic) bond motifs is 1. The first kappa shape index (κ1) is 30.3. The summed E-state index contributed by atoms with van der Waals surface area (Å²) in [4.78, 5) is 47.0. The zero-order valence-electron chi connectivity index (χ0n) is 24.7. The predicted molar refractivity (Wildman–Crippen MR) is 155 cm³/mol. The Labute approximate surface area is 239 Å². The second kappa shape index (κ2) is 13.8. The summed E-state index contributed by atoms with van der Waals surface area (Å²) in [5, 5.41) is 10.7. The van der Waals surface area contributed by atoms with Crippen LogP contribution in [0.25, 0.3) is 0 Å². The maximum Gasteiger partial charge on any atom is 0.324 e. The molecule has 0 spiro atoms. The number of likely N-dealkylation sites (tertiary alicyclic amines) is 2. The molecule has 1 aromatic rings. The van der Waals surface area contributed by atoms with Crippen LogP contribution in [0.1, 0.15) is 75.3 Å². The number of unbranched alkanes of at least 4 members (excludes halogenated alkanes) is 2. The van der Waals surface area contributed by atoms with Gasteiger partial charge in [-0.25, -0.2) is 0 Å². The normalized spacial score (nSPS) is 22.6. The maximum absolute atomic E-state index is 13.8. The highest BCUT2D eigenvalue weighted by atomic mass is 16.5. The summed E-state index contributed by atoms with van der Waals surface area (Å²) >= 11 is 0. The zero-order valence-corrected chi connectivity index (χ0v) is 24.7. The number of aliphatic carboxylic acids is 1. The van der Waals surface area contributed by atoms with Crippen molar-refractivity contribution in [3.63, 3.8) is 0 Å². The highest BCUT2D eigenvalue weighted by Gasteiger charge is 2.52. The number of hydrogen-bond donors (Lipinski definition) is 1. The lowest BCUT2D eigenvalue weighted by atomic mass is 9.85. The smallest absolute Gasteiger partial charge is 0.324 e. The fourth-order valence-electron chi connectivity index (χ4n) is 6.50. The number of carbonyl (C=O) groups excluding carboxylic acids is 2. The van der Waals surface area contributed by atoms with E-state index in [0.717, 1.165) is 56.4 Å². The Hall–Kier alpha value is -2.65. The molecule has 9 nitrogen and oxygen atoms in total. The second-order valence-corrected chi connectivity index (χ2v) is 12.1. The SMILES string of the molecule is CCCCN(CCCCN(C)C)C(=O)CN1CC(c2ccc3c(c2)CCO3)CC1(CCN1CCCC1=O)C(=O)O. The summed E-state index contributed by atoms with van der Waals surface area (Å²) in [6, 6.07) is 6.21. The fraction of sp³-hybridized carbons (Fsp3) is 0.710. The van der Waals surface area contributed by atoms with Crippen LogP contribution in [0.15, 0.2) is 18.2 Å². The lowest BCUT2D eigenvalue weighted by Gasteiger charge is -2.36. The summed E-state index contributed by atoms with van der Waals surface area (Å²) in [7, 11) is 4.11. The Kier molecular flexibility index (Phi) is 10.5. The first-order valence-electron chi connectivity index (χ1n) is 15.2. The van der Waals surface area contributed by atoms with Crippen molar-refractivity contribution >= 4 is 17.8 Å². The number of benzene rings is 1. The van der Waals surface area contributed by atoms with Gasteiger partial charge in [0.1, 0.15) is 11.3 Å². The van der Waals surface area contributed by atoms with Crippen molar-refractivity contribution in [3.05, 3.63) is 29.3 Å². The van der Waals surface area contributed by atoms with E-state index in [1.165, 1.54) is 5.56 Å². The third kappa shape index (κ3) is 7.16. The molecule has 2 unspecified atom stereocenters. The number of carboxylic acid groups (broad SMARTS) is 1. The molecule has 0 bridgehead atoms. The van der Waals surface area contributed by atoms with E-state index in [0.29, 0.717) is 58.6 Å². The van der Waals surface area contributed by atoms with Crippen molar-refractivity contribution in [2.24, 2.45) is 0 Å². The van der Waals surface area contributed by atoms with Crippen LogP contribution in [0.2, 0.25) is 0 Å². The lowest BCUT2D eigenvalue weighted by Crippen LogP contribution is -2.55. The molecule has 2 fully saturated rings. The molecule has 3 aliphatic rings. The van der Waals surface area contributed by atoms with Gasteiger partial charge in [-0.05, 0) is 82.3 Å². The van der Waals surface area contributed by atoms with Gasteiger partial charge in [0.15, 0.2) is 0 Å². The second-order valence-electron chi connectivity index (χ2n) is 12.1. The maximum atomic E-state index is 13.8. The van der Waals surface area contributed by atoms with Crippen LogP contribution in [0.4, 0.5) is 0 Å². The molecule has 4 rings (SSSR count). The molecule has 2 saturated heterocycles. The predicted octanol–water partition coefficient (Wildman–Crippen LogP) is 3.22. The largest absolute Gasteiger partial charge is 0.493 e. The van der Waals surface area contributed by atoms with Gasteiger partial charge in [0.2, 0.25) is 11.8 Å². The van der Waals surface area contributed by atoms with Gasteiger partial charge in [0.25, 0.3) is 0 Å². The first-order chi connectivity index (χ1) is 19.2. The van der Waals surface area contributed by atoms with Gasteiger partial charge in [0.05, 0.1) is 13.2 Å². The van der Waals surface area contributed by atoms with Crippen molar-refractivity contribution < 1.29 is 24.2 Å². The molecule has 0 aromatic heterocycles. The highest BCUT2D eigenvalue weighted by Crippen LogP contribution is 2.43. The topological polar surface area (TPSA) is 93.6 Å².